The van der Waals surface area contributed by atoms with Crippen LogP contribution in [0.5, 0.6) is 0 Å². The van der Waals surface area contributed by atoms with Crippen molar-refractivity contribution in [3.63, 3.8) is 0 Å². The Morgan fingerprint density at radius 2 is 1.83 bits per heavy atom. The summed E-state index contributed by atoms with van der Waals surface area (Å²) in [6.45, 7) is 6.59. The molecule has 0 aliphatic carbocycles. The molecule has 1 aromatic rings. The van der Waals surface area contributed by atoms with Crippen LogP contribution in [-0.2, 0) is 19.1 Å². The lowest BCUT2D eigenvalue weighted by Crippen LogP contribution is -2.48. The minimum atomic E-state index is -0.638. The average molecular weight is 418 g/mol. The van der Waals surface area contributed by atoms with Crippen molar-refractivity contribution < 1.29 is 23.9 Å². The first-order chi connectivity index (χ1) is 14.4. The maximum atomic E-state index is 12.8. The maximum absolute atomic E-state index is 12.8. The number of urea groups is 1. The van der Waals surface area contributed by atoms with Gasteiger partial charge >= 0.3 is 12.0 Å². The van der Waals surface area contributed by atoms with Gasteiger partial charge in [0, 0.05) is 31.5 Å². The molecule has 0 aromatic heterocycles. The number of methoxy groups -OCH3 is 1. The highest BCUT2D eigenvalue weighted by Crippen LogP contribution is 2.32. The summed E-state index contributed by atoms with van der Waals surface area (Å²) >= 11 is 0. The van der Waals surface area contributed by atoms with Crippen LogP contribution in [0.25, 0.3) is 0 Å². The summed E-state index contributed by atoms with van der Waals surface area (Å²) in [5.74, 6) is -0.541. The molecule has 3 amide bonds. The molecule has 2 N–H and O–H groups in total. The maximum Gasteiger partial charge on any atom is 0.338 e. The van der Waals surface area contributed by atoms with E-state index in [0.29, 0.717) is 36.5 Å². The lowest BCUT2D eigenvalue weighted by atomic mass is 9.94. The third-order valence-corrected chi connectivity index (χ3v) is 4.79. The van der Waals surface area contributed by atoms with Crippen LogP contribution in [0.4, 0.5) is 10.5 Å². The van der Waals surface area contributed by atoms with Crippen molar-refractivity contribution in [1.82, 2.24) is 10.2 Å². The van der Waals surface area contributed by atoms with E-state index in [9.17, 15) is 14.4 Å². The van der Waals surface area contributed by atoms with Crippen LogP contribution < -0.4 is 10.6 Å². The summed E-state index contributed by atoms with van der Waals surface area (Å²) in [6, 6.07) is 6.21. The van der Waals surface area contributed by atoms with Gasteiger partial charge in [0.1, 0.15) is 6.61 Å². The third kappa shape index (κ3) is 5.82. The number of benzene rings is 1. The molecule has 0 saturated heterocycles. The van der Waals surface area contributed by atoms with E-state index in [1.807, 2.05) is 13.8 Å². The molecule has 30 heavy (non-hydrogen) atoms. The molecule has 1 atom stereocenters. The molecule has 0 fully saturated rings. The monoisotopic (exact) mass is 417 g/mol. The standard InChI is InChI=1S/C22H31N3O5/c1-5-7-18(26)23-17-10-8-16(9-11-17)20-19(21(27)30-14-13-29-4)15(3)25(12-6-2)22(28)24-20/h8-11,20H,5-7,12-14H2,1-4H3,(H,23,26)(H,24,28). The Bertz CT molecular complexity index is 788. The normalized spacial score (nSPS) is 16.3. The van der Waals surface area contributed by atoms with Gasteiger partial charge in [0.25, 0.3) is 0 Å². The Kier molecular flexibility index (Phi) is 8.86. The fourth-order valence-electron chi connectivity index (χ4n) is 3.29. The van der Waals surface area contributed by atoms with Gasteiger partial charge in [-0.25, -0.2) is 9.59 Å². The number of nitrogens with zero attached hydrogens (tertiary/aromatic N) is 1. The fourth-order valence-corrected chi connectivity index (χ4v) is 3.29. The van der Waals surface area contributed by atoms with Crippen molar-refractivity contribution in [3.05, 3.63) is 41.1 Å². The highest BCUT2D eigenvalue weighted by molar-refractivity contribution is 5.95. The number of carbonyl (C=O) groups excluding carboxylic acids is 3. The quantitative estimate of drug-likeness (QED) is 0.449. The molecule has 1 unspecified atom stereocenters. The van der Waals surface area contributed by atoms with E-state index in [2.05, 4.69) is 10.6 Å². The zero-order valence-electron chi connectivity index (χ0n) is 18.1. The average Bonchev–Trinajstić information content (AvgIpc) is 2.71. The van der Waals surface area contributed by atoms with Crippen molar-refractivity contribution in [3.8, 4) is 0 Å². The molecule has 1 aromatic carbocycles. The fraction of sp³-hybridized carbons (Fsp3) is 0.500. The molecular weight excluding hydrogens is 386 g/mol. The number of hydrogen-bond donors (Lipinski definition) is 2. The van der Waals surface area contributed by atoms with Crippen molar-refractivity contribution in [2.75, 3.05) is 32.2 Å². The lowest BCUT2D eigenvalue weighted by molar-refractivity contribution is -0.141. The van der Waals surface area contributed by atoms with E-state index >= 15 is 0 Å². The number of amides is 3. The van der Waals surface area contributed by atoms with Gasteiger partial charge in [-0.1, -0.05) is 26.0 Å². The van der Waals surface area contributed by atoms with Crippen LogP contribution in [0.15, 0.2) is 35.5 Å². The van der Waals surface area contributed by atoms with Gasteiger partial charge in [-0.3, -0.25) is 9.69 Å². The zero-order chi connectivity index (χ0) is 22.1. The molecule has 1 aliphatic heterocycles. The smallest absolute Gasteiger partial charge is 0.338 e. The van der Waals surface area contributed by atoms with Crippen molar-refractivity contribution >= 4 is 23.6 Å². The van der Waals surface area contributed by atoms with Gasteiger partial charge in [-0.05, 0) is 37.5 Å². The highest BCUT2D eigenvalue weighted by atomic mass is 16.6. The van der Waals surface area contributed by atoms with Gasteiger partial charge in [-0.2, -0.15) is 0 Å². The largest absolute Gasteiger partial charge is 0.460 e. The molecule has 8 nitrogen and oxygen atoms in total. The van der Waals surface area contributed by atoms with Gasteiger partial charge in [0.05, 0.1) is 18.2 Å². The lowest BCUT2D eigenvalue weighted by Gasteiger charge is -2.35. The Hall–Kier alpha value is -2.87. The molecular formula is C22H31N3O5. The molecule has 1 heterocycles. The first-order valence-electron chi connectivity index (χ1n) is 10.3. The van der Waals surface area contributed by atoms with Crippen LogP contribution in [-0.4, -0.2) is 49.7 Å². The predicted octanol–water partition coefficient (Wildman–Crippen LogP) is 3.37. The summed E-state index contributed by atoms with van der Waals surface area (Å²) in [4.78, 5) is 38.8. The van der Waals surface area contributed by atoms with E-state index in [4.69, 9.17) is 9.47 Å². The number of nitrogens with one attached hydrogen (secondary N) is 2. The SMILES string of the molecule is CCCC(=O)Nc1ccc(C2NC(=O)N(CCC)C(C)=C2C(=O)OCCOC)cc1. The van der Waals surface area contributed by atoms with E-state index in [0.717, 1.165) is 18.4 Å². The predicted molar refractivity (Wildman–Crippen MR) is 114 cm³/mol. The number of ether oxygens (including phenoxy) is 2. The van der Waals surface area contributed by atoms with Crippen LogP contribution >= 0.6 is 0 Å². The van der Waals surface area contributed by atoms with E-state index < -0.39 is 12.0 Å². The Labute approximate surface area is 177 Å². The Morgan fingerprint density at radius 1 is 1.13 bits per heavy atom. The molecule has 1 aliphatic rings. The molecule has 8 heteroatoms. The number of carbonyl (C=O) groups is 3. The molecule has 0 saturated carbocycles. The van der Waals surface area contributed by atoms with Crippen LogP contribution in [0.2, 0.25) is 0 Å². The van der Waals surface area contributed by atoms with E-state index in [1.165, 1.54) is 7.11 Å². The first kappa shape index (κ1) is 23.4. The molecule has 164 valence electrons. The molecule has 0 bridgehead atoms. The summed E-state index contributed by atoms with van der Waals surface area (Å²) < 4.78 is 10.3. The van der Waals surface area contributed by atoms with Crippen LogP contribution in [0.3, 0.4) is 0 Å². The Morgan fingerprint density at radius 3 is 2.43 bits per heavy atom. The van der Waals surface area contributed by atoms with Crippen molar-refractivity contribution in [1.29, 1.82) is 0 Å². The minimum Gasteiger partial charge on any atom is -0.460 e. The van der Waals surface area contributed by atoms with Crippen molar-refractivity contribution in [2.24, 2.45) is 0 Å². The van der Waals surface area contributed by atoms with Crippen LogP contribution in [0.1, 0.15) is 51.6 Å². The van der Waals surface area contributed by atoms with E-state index in [1.54, 1.807) is 36.1 Å². The molecule has 0 spiro atoms. The minimum absolute atomic E-state index is 0.0513. The van der Waals surface area contributed by atoms with Crippen LogP contribution in [0, 0.1) is 0 Å². The second kappa shape index (κ2) is 11.3. The van der Waals surface area contributed by atoms with E-state index in [-0.39, 0.29) is 18.5 Å². The topological polar surface area (TPSA) is 97.0 Å². The van der Waals surface area contributed by atoms with Gasteiger partial charge in [0.2, 0.25) is 5.91 Å². The third-order valence-electron chi connectivity index (χ3n) is 4.79. The number of rotatable bonds is 10. The molecule has 0 radical (unpaired) electrons. The van der Waals surface area contributed by atoms with Crippen molar-refractivity contribution in [2.45, 2.75) is 46.1 Å². The summed E-state index contributed by atoms with van der Waals surface area (Å²) in [5.41, 5.74) is 2.36. The summed E-state index contributed by atoms with van der Waals surface area (Å²) in [7, 11) is 1.53. The number of hydrogen-bond acceptors (Lipinski definition) is 5. The highest BCUT2D eigenvalue weighted by Gasteiger charge is 2.36. The van der Waals surface area contributed by atoms with Gasteiger partial charge in [-0.15, -0.1) is 0 Å². The zero-order valence-corrected chi connectivity index (χ0v) is 18.1. The summed E-state index contributed by atoms with van der Waals surface area (Å²) in [6.07, 6.45) is 1.98. The second-order valence-electron chi connectivity index (χ2n) is 7.08. The number of allylic oxidation sites excluding steroid dienone is 1. The van der Waals surface area contributed by atoms with Gasteiger partial charge in [0.15, 0.2) is 0 Å². The first-order valence-corrected chi connectivity index (χ1v) is 10.3. The molecule has 2 rings (SSSR count). The van der Waals surface area contributed by atoms with Gasteiger partial charge < -0.3 is 20.1 Å². The number of esters is 1. The Balaban J connectivity index is 2.31. The second-order valence-corrected chi connectivity index (χ2v) is 7.08. The number of anilines is 1. The summed E-state index contributed by atoms with van der Waals surface area (Å²) in [5, 5.41) is 5.74.